The molecule has 4 heterocycles. The number of rotatable bonds is 12. The van der Waals surface area contributed by atoms with Gasteiger partial charge in [0, 0.05) is 75.1 Å². The number of ether oxygens (including phenoxy) is 3. The van der Waals surface area contributed by atoms with E-state index >= 15 is 0 Å². The van der Waals surface area contributed by atoms with E-state index in [1.54, 1.807) is 30.3 Å². The molecule has 0 spiro atoms. The molecule has 1 N–H and O–H groups in total. The minimum atomic E-state index is -0.421. The van der Waals surface area contributed by atoms with Gasteiger partial charge in [0.1, 0.15) is 28.8 Å². The Hall–Kier alpha value is -3.93. The third-order valence-corrected chi connectivity index (χ3v) is 10.5. The number of nitrogens with one attached hydrogen (secondary N) is 1. The van der Waals surface area contributed by atoms with E-state index in [0.29, 0.717) is 54.4 Å². The zero-order chi connectivity index (χ0) is 36.9. The van der Waals surface area contributed by atoms with Crippen LogP contribution in [0.15, 0.2) is 34.8 Å². The lowest BCUT2D eigenvalue weighted by Gasteiger charge is -2.42. The second-order valence-electron chi connectivity index (χ2n) is 13.1. The highest BCUT2D eigenvalue weighted by molar-refractivity contribution is 6.41. The van der Waals surface area contributed by atoms with E-state index < -0.39 is 5.54 Å². The predicted molar refractivity (Wildman–Crippen MR) is 199 cm³/mol. The van der Waals surface area contributed by atoms with E-state index in [-0.39, 0.29) is 57.5 Å². The number of aromatic nitrogens is 3. The smallest absolute Gasteiger partial charge is 0.264 e. The summed E-state index contributed by atoms with van der Waals surface area (Å²) in [6.45, 7) is 12.3. The van der Waals surface area contributed by atoms with E-state index in [4.69, 9.17) is 37.4 Å². The molecule has 5 rings (SSSR count). The van der Waals surface area contributed by atoms with E-state index in [0.717, 1.165) is 32.7 Å². The SMILES string of the molecule is CCN1CCN(C(C)(C)C=C(C#N)C(=O)N2CCC(OCCn3c(=O)c(-c4c(Cl)c(OC)cc(OC)c4Cl)cc4cnc(NC)nc43)CC2)CC1. The number of benzene rings is 1. The summed E-state index contributed by atoms with van der Waals surface area (Å²) in [5, 5.41) is 13.8. The lowest BCUT2D eigenvalue weighted by molar-refractivity contribution is -0.129. The molecule has 0 bridgehead atoms. The summed E-state index contributed by atoms with van der Waals surface area (Å²) in [5.41, 5.74) is 0.294. The lowest BCUT2D eigenvalue weighted by atomic mass is 9.97. The van der Waals surface area contributed by atoms with Gasteiger partial charge in [-0.05, 0) is 45.4 Å². The van der Waals surface area contributed by atoms with Crippen LogP contribution in [0.25, 0.3) is 22.2 Å². The first-order valence-electron chi connectivity index (χ1n) is 17.2. The fourth-order valence-corrected chi connectivity index (χ4v) is 7.43. The number of likely N-dealkylation sites (tertiary alicyclic amines) is 1. The summed E-state index contributed by atoms with van der Waals surface area (Å²) in [6, 6.07) is 5.39. The standard InChI is InChI=1S/C36H46Cl2N8O5/c1-7-43-12-14-45(15-13-43)36(2,3)20-24(21-39)33(47)44-10-8-25(9-11-44)51-17-16-46-32-23(22-41-35(40-4)42-32)18-26(34(46)48)29-30(37)27(49-5)19-28(50-6)31(29)38/h18-20,22,25H,7-17H2,1-6H3,(H,40,41,42). The average molecular weight is 742 g/mol. The van der Waals surface area contributed by atoms with Gasteiger partial charge in [0.15, 0.2) is 0 Å². The molecule has 0 unspecified atom stereocenters. The summed E-state index contributed by atoms with van der Waals surface area (Å²) in [4.78, 5) is 43.0. The Morgan fingerprint density at radius 2 is 1.73 bits per heavy atom. The average Bonchev–Trinajstić information content (AvgIpc) is 3.15. The van der Waals surface area contributed by atoms with Gasteiger partial charge in [-0.2, -0.15) is 10.2 Å². The third-order valence-electron chi connectivity index (χ3n) is 9.77. The monoisotopic (exact) mass is 740 g/mol. The molecule has 0 atom stereocenters. The van der Waals surface area contributed by atoms with Crippen LogP contribution in [0.5, 0.6) is 11.5 Å². The largest absolute Gasteiger partial charge is 0.495 e. The molecule has 0 aliphatic carbocycles. The van der Waals surface area contributed by atoms with Crippen molar-refractivity contribution in [3.63, 3.8) is 0 Å². The van der Waals surface area contributed by atoms with Crippen molar-refractivity contribution in [1.29, 1.82) is 5.26 Å². The lowest BCUT2D eigenvalue weighted by Crippen LogP contribution is -2.54. The van der Waals surface area contributed by atoms with Crippen LogP contribution in [-0.4, -0.2) is 120 Å². The number of hydrogen-bond acceptors (Lipinski definition) is 11. The van der Waals surface area contributed by atoms with Crippen molar-refractivity contribution in [2.45, 2.75) is 51.8 Å². The van der Waals surface area contributed by atoms with Gasteiger partial charge in [0.2, 0.25) is 5.95 Å². The number of likely N-dealkylation sites (N-methyl/N-ethyl adjacent to an activating group) is 1. The first-order chi connectivity index (χ1) is 24.5. The van der Waals surface area contributed by atoms with Crippen molar-refractivity contribution in [2.75, 3.05) is 79.0 Å². The number of halogens is 2. The topological polar surface area (TPSA) is 138 Å². The Morgan fingerprint density at radius 1 is 1.08 bits per heavy atom. The van der Waals surface area contributed by atoms with Crippen molar-refractivity contribution in [3.05, 3.63) is 50.4 Å². The van der Waals surface area contributed by atoms with Crippen LogP contribution >= 0.6 is 23.2 Å². The van der Waals surface area contributed by atoms with Crippen LogP contribution in [-0.2, 0) is 16.1 Å². The van der Waals surface area contributed by atoms with Gasteiger partial charge in [0.05, 0.1) is 49.1 Å². The number of methoxy groups -OCH3 is 2. The molecule has 13 nitrogen and oxygen atoms in total. The highest BCUT2D eigenvalue weighted by Gasteiger charge is 2.32. The number of anilines is 1. The zero-order valence-electron chi connectivity index (χ0n) is 30.1. The number of nitrogens with zero attached hydrogens (tertiary/aromatic N) is 7. The molecular formula is C36H46Cl2N8O5. The molecule has 15 heteroatoms. The third kappa shape index (κ3) is 8.26. The fourth-order valence-electron chi connectivity index (χ4n) is 6.72. The number of pyridine rings is 1. The van der Waals surface area contributed by atoms with Crippen molar-refractivity contribution >= 4 is 46.1 Å². The minimum absolute atomic E-state index is 0.131. The number of carbonyl (C=O) groups is 1. The number of piperidine rings is 1. The van der Waals surface area contributed by atoms with Gasteiger partial charge in [-0.1, -0.05) is 30.1 Å². The number of hydrogen-bond donors (Lipinski definition) is 1. The quantitative estimate of drug-likeness (QED) is 0.204. The van der Waals surface area contributed by atoms with Gasteiger partial charge in [-0.15, -0.1) is 0 Å². The van der Waals surface area contributed by atoms with Crippen molar-refractivity contribution in [3.8, 4) is 28.7 Å². The summed E-state index contributed by atoms with van der Waals surface area (Å²) in [5.74, 6) is 0.715. The first kappa shape index (κ1) is 38.3. The second-order valence-corrected chi connectivity index (χ2v) is 13.9. The fraction of sp³-hybridized carbons (Fsp3) is 0.528. The van der Waals surface area contributed by atoms with Crippen molar-refractivity contribution in [2.24, 2.45) is 0 Å². The predicted octanol–water partition coefficient (Wildman–Crippen LogP) is 4.70. The van der Waals surface area contributed by atoms with Gasteiger partial charge in [-0.3, -0.25) is 19.1 Å². The van der Waals surface area contributed by atoms with Crippen LogP contribution in [0.3, 0.4) is 0 Å². The molecule has 2 fully saturated rings. The minimum Gasteiger partial charge on any atom is -0.495 e. The summed E-state index contributed by atoms with van der Waals surface area (Å²) in [6.07, 6.45) is 4.51. The number of piperazine rings is 1. The van der Waals surface area contributed by atoms with Gasteiger partial charge in [0.25, 0.3) is 11.5 Å². The Kier molecular flexibility index (Phi) is 12.5. The maximum atomic E-state index is 14.2. The Labute approximate surface area is 308 Å². The molecule has 274 valence electrons. The van der Waals surface area contributed by atoms with Gasteiger partial charge < -0.3 is 29.3 Å². The maximum absolute atomic E-state index is 14.2. The molecule has 2 aromatic heterocycles. The van der Waals surface area contributed by atoms with E-state index in [1.807, 2.05) is 6.08 Å². The van der Waals surface area contributed by atoms with Crippen LogP contribution < -0.4 is 20.3 Å². The molecule has 2 aliphatic rings. The Bertz CT molecular complexity index is 1850. The van der Waals surface area contributed by atoms with Crippen molar-refractivity contribution in [1.82, 2.24) is 29.2 Å². The van der Waals surface area contributed by atoms with Crippen LogP contribution in [0.4, 0.5) is 5.95 Å². The van der Waals surface area contributed by atoms with Gasteiger partial charge >= 0.3 is 0 Å². The van der Waals surface area contributed by atoms with Gasteiger partial charge in [-0.25, -0.2) is 4.98 Å². The molecule has 51 heavy (non-hydrogen) atoms. The second kappa shape index (κ2) is 16.6. The molecule has 1 amide bonds. The molecule has 0 radical (unpaired) electrons. The molecule has 3 aromatic rings. The van der Waals surface area contributed by atoms with Crippen molar-refractivity contribution < 1.29 is 19.0 Å². The van der Waals surface area contributed by atoms with Crippen LogP contribution in [0, 0.1) is 11.3 Å². The maximum Gasteiger partial charge on any atom is 0.264 e. The summed E-state index contributed by atoms with van der Waals surface area (Å²) >= 11 is 13.4. The highest BCUT2D eigenvalue weighted by Crippen LogP contribution is 2.45. The molecular weight excluding hydrogens is 695 g/mol. The molecule has 2 saturated heterocycles. The Balaban J connectivity index is 1.29. The number of fused-ring (bicyclic) bond motifs is 1. The molecule has 1 aromatic carbocycles. The molecule has 2 aliphatic heterocycles. The van der Waals surface area contributed by atoms with Crippen LogP contribution in [0.1, 0.15) is 33.6 Å². The highest BCUT2D eigenvalue weighted by atomic mass is 35.5. The zero-order valence-corrected chi connectivity index (χ0v) is 31.6. The first-order valence-corrected chi connectivity index (χ1v) is 17.9. The summed E-state index contributed by atoms with van der Waals surface area (Å²) in [7, 11) is 4.64. The molecule has 0 saturated carbocycles. The normalized spacial score (nSPS) is 16.7. The number of carbonyl (C=O) groups excluding carboxylic acids is 1. The van der Waals surface area contributed by atoms with E-state index in [1.165, 1.54) is 18.8 Å². The van der Waals surface area contributed by atoms with Crippen LogP contribution in [0.2, 0.25) is 10.0 Å². The number of amides is 1. The number of nitriles is 1. The van der Waals surface area contributed by atoms with E-state index in [9.17, 15) is 14.9 Å². The Morgan fingerprint density at radius 3 is 2.29 bits per heavy atom. The summed E-state index contributed by atoms with van der Waals surface area (Å²) < 4.78 is 18.7. The van der Waals surface area contributed by atoms with E-state index in [2.05, 4.69) is 51.9 Å².